The van der Waals surface area contributed by atoms with Crippen LogP contribution in [0.3, 0.4) is 0 Å². The van der Waals surface area contributed by atoms with E-state index >= 15 is 0 Å². The van der Waals surface area contributed by atoms with Crippen molar-refractivity contribution in [3.05, 3.63) is 64.4 Å². The van der Waals surface area contributed by atoms with Crippen molar-refractivity contribution in [2.75, 3.05) is 6.54 Å². The number of hydrogen-bond acceptors (Lipinski definition) is 2. The zero-order valence-electron chi connectivity index (χ0n) is 11.3. The third kappa shape index (κ3) is 4.17. The van der Waals surface area contributed by atoms with Gasteiger partial charge in [0, 0.05) is 6.54 Å². The van der Waals surface area contributed by atoms with E-state index in [0.717, 1.165) is 6.42 Å². The summed E-state index contributed by atoms with van der Waals surface area (Å²) in [4.78, 5) is 16.1. The van der Waals surface area contributed by atoms with Gasteiger partial charge in [-0.15, -0.1) is 0 Å². The first-order valence-electron chi connectivity index (χ1n) is 6.62. The van der Waals surface area contributed by atoms with Crippen LogP contribution < -0.4 is 5.32 Å². The van der Waals surface area contributed by atoms with Gasteiger partial charge in [-0.25, -0.2) is 4.98 Å². The number of pyridine rings is 1. The van der Waals surface area contributed by atoms with Crippen molar-refractivity contribution in [3.8, 4) is 0 Å². The van der Waals surface area contributed by atoms with Gasteiger partial charge in [0.15, 0.2) is 0 Å². The first kappa shape index (κ1) is 14.7. The molecule has 0 aliphatic heterocycles. The summed E-state index contributed by atoms with van der Waals surface area (Å²) in [7, 11) is 0. The summed E-state index contributed by atoms with van der Waals surface area (Å²) in [6.07, 6.45) is 0.907. The Kier molecular flexibility index (Phi) is 5.30. The molecule has 0 saturated heterocycles. The number of carbonyl (C=O) groups is 1. The number of carbonyl (C=O) groups excluding carboxylic acids is 1. The number of hydrogen-bond donors (Lipinski definition) is 1. The Morgan fingerprint density at radius 2 is 1.95 bits per heavy atom. The summed E-state index contributed by atoms with van der Waals surface area (Å²) < 4.78 is 0.669. The zero-order chi connectivity index (χ0) is 14.4. The molecule has 0 fully saturated rings. The van der Waals surface area contributed by atoms with E-state index in [1.807, 2.05) is 18.2 Å². The Morgan fingerprint density at radius 1 is 1.20 bits per heavy atom. The van der Waals surface area contributed by atoms with Gasteiger partial charge in [0.2, 0.25) is 0 Å². The van der Waals surface area contributed by atoms with E-state index in [2.05, 4.69) is 45.3 Å². The zero-order valence-corrected chi connectivity index (χ0v) is 12.9. The van der Waals surface area contributed by atoms with E-state index in [-0.39, 0.29) is 5.91 Å². The molecule has 0 saturated carbocycles. The molecular weight excluding hydrogens is 316 g/mol. The van der Waals surface area contributed by atoms with E-state index in [1.165, 1.54) is 5.56 Å². The Morgan fingerprint density at radius 3 is 2.65 bits per heavy atom. The van der Waals surface area contributed by atoms with Crippen molar-refractivity contribution in [1.82, 2.24) is 10.3 Å². The predicted octanol–water partition coefficient (Wildman–Crippen LogP) is 3.77. The molecule has 3 nitrogen and oxygen atoms in total. The van der Waals surface area contributed by atoms with Crippen molar-refractivity contribution in [2.24, 2.45) is 0 Å². The summed E-state index contributed by atoms with van der Waals surface area (Å²) in [6, 6.07) is 15.6. The standard InChI is InChI=1S/C16H17BrN2O/c1-12(13-6-3-2-4-7-13)10-11-18-16(20)14-8-5-9-15(17)19-14/h2-9,12H,10-11H2,1H3,(H,18,20). The molecule has 0 radical (unpaired) electrons. The summed E-state index contributed by atoms with van der Waals surface area (Å²) in [5, 5.41) is 2.90. The van der Waals surface area contributed by atoms with Crippen LogP contribution in [0.15, 0.2) is 53.1 Å². The molecular formula is C16H17BrN2O. The molecule has 1 N–H and O–H groups in total. The molecule has 104 valence electrons. The molecule has 0 spiro atoms. The molecule has 4 heteroatoms. The van der Waals surface area contributed by atoms with Gasteiger partial charge in [-0.2, -0.15) is 0 Å². The van der Waals surface area contributed by atoms with Crippen molar-refractivity contribution in [1.29, 1.82) is 0 Å². The summed E-state index contributed by atoms with van der Waals surface area (Å²) >= 11 is 3.26. The van der Waals surface area contributed by atoms with E-state index < -0.39 is 0 Å². The van der Waals surface area contributed by atoms with Crippen LogP contribution in [0.5, 0.6) is 0 Å². The molecule has 1 amide bonds. The van der Waals surface area contributed by atoms with Crippen LogP contribution >= 0.6 is 15.9 Å². The van der Waals surface area contributed by atoms with Crippen molar-refractivity contribution >= 4 is 21.8 Å². The van der Waals surface area contributed by atoms with E-state index in [1.54, 1.807) is 18.2 Å². The topological polar surface area (TPSA) is 42.0 Å². The largest absolute Gasteiger partial charge is 0.351 e. The van der Waals surface area contributed by atoms with Gasteiger partial charge >= 0.3 is 0 Å². The molecule has 1 atom stereocenters. The highest BCUT2D eigenvalue weighted by Crippen LogP contribution is 2.17. The number of nitrogens with zero attached hydrogens (tertiary/aromatic N) is 1. The number of amides is 1. The first-order valence-corrected chi connectivity index (χ1v) is 7.42. The van der Waals surface area contributed by atoms with Gasteiger partial charge in [0.05, 0.1) is 0 Å². The quantitative estimate of drug-likeness (QED) is 0.847. The summed E-state index contributed by atoms with van der Waals surface area (Å²) in [6.45, 7) is 2.81. The van der Waals surface area contributed by atoms with E-state index in [0.29, 0.717) is 22.8 Å². The van der Waals surface area contributed by atoms with Gasteiger partial charge in [-0.3, -0.25) is 4.79 Å². The van der Waals surface area contributed by atoms with Crippen LogP contribution in [0.2, 0.25) is 0 Å². The fourth-order valence-corrected chi connectivity index (χ4v) is 2.32. The lowest BCUT2D eigenvalue weighted by molar-refractivity contribution is 0.0947. The molecule has 0 aliphatic carbocycles. The fraction of sp³-hybridized carbons (Fsp3) is 0.250. The van der Waals surface area contributed by atoms with Crippen LogP contribution in [-0.2, 0) is 0 Å². The van der Waals surface area contributed by atoms with Crippen LogP contribution in [-0.4, -0.2) is 17.4 Å². The highest BCUT2D eigenvalue weighted by molar-refractivity contribution is 9.10. The third-order valence-electron chi connectivity index (χ3n) is 3.18. The molecule has 0 bridgehead atoms. The smallest absolute Gasteiger partial charge is 0.269 e. The number of nitrogens with one attached hydrogen (secondary N) is 1. The predicted molar refractivity (Wildman–Crippen MR) is 83.7 cm³/mol. The maximum atomic E-state index is 11.9. The first-order chi connectivity index (χ1) is 9.66. The van der Waals surface area contributed by atoms with Crippen LogP contribution in [0.25, 0.3) is 0 Å². The number of rotatable bonds is 5. The van der Waals surface area contributed by atoms with Crippen LogP contribution in [0.4, 0.5) is 0 Å². The maximum absolute atomic E-state index is 11.9. The van der Waals surface area contributed by atoms with Gasteiger partial charge in [0.25, 0.3) is 5.91 Å². The average Bonchev–Trinajstić information content (AvgIpc) is 2.48. The molecule has 1 unspecified atom stereocenters. The molecule has 1 aromatic carbocycles. The minimum atomic E-state index is -0.133. The third-order valence-corrected chi connectivity index (χ3v) is 3.62. The second-order valence-corrected chi connectivity index (χ2v) is 5.51. The van der Waals surface area contributed by atoms with E-state index in [9.17, 15) is 4.79 Å². The molecule has 0 aliphatic rings. The van der Waals surface area contributed by atoms with Gasteiger partial charge in [0.1, 0.15) is 10.3 Å². The molecule has 2 aromatic rings. The molecule has 2 rings (SSSR count). The summed E-state index contributed by atoms with van der Waals surface area (Å²) in [5.74, 6) is 0.290. The lowest BCUT2D eigenvalue weighted by Crippen LogP contribution is -2.26. The highest BCUT2D eigenvalue weighted by Gasteiger charge is 2.09. The average molecular weight is 333 g/mol. The number of benzene rings is 1. The van der Waals surface area contributed by atoms with Gasteiger partial charge < -0.3 is 5.32 Å². The minimum absolute atomic E-state index is 0.133. The van der Waals surface area contributed by atoms with E-state index in [4.69, 9.17) is 0 Å². The number of aromatic nitrogens is 1. The van der Waals surface area contributed by atoms with Crippen molar-refractivity contribution in [2.45, 2.75) is 19.3 Å². The Labute approximate surface area is 127 Å². The number of halogens is 1. The summed E-state index contributed by atoms with van der Waals surface area (Å²) in [5.41, 5.74) is 1.73. The maximum Gasteiger partial charge on any atom is 0.269 e. The second-order valence-electron chi connectivity index (χ2n) is 4.70. The van der Waals surface area contributed by atoms with Crippen LogP contribution in [0.1, 0.15) is 35.3 Å². The lowest BCUT2D eigenvalue weighted by atomic mass is 9.98. The molecule has 1 aromatic heterocycles. The van der Waals surface area contributed by atoms with Crippen molar-refractivity contribution in [3.63, 3.8) is 0 Å². The highest BCUT2D eigenvalue weighted by atomic mass is 79.9. The molecule has 20 heavy (non-hydrogen) atoms. The molecule has 1 heterocycles. The minimum Gasteiger partial charge on any atom is -0.351 e. The Balaban J connectivity index is 1.83. The SMILES string of the molecule is CC(CCNC(=O)c1cccc(Br)n1)c1ccccc1. The Bertz CT molecular complexity index is 572. The normalized spacial score (nSPS) is 11.9. The van der Waals surface area contributed by atoms with Gasteiger partial charge in [-0.1, -0.05) is 43.3 Å². The van der Waals surface area contributed by atoms with Gasteiger partial charge in [-0.05, 0) is 46.0 Å². The second kappa shape index (κ2) is 7.20. The van der Waals surface area contributed by atoms with Crippen molar-refractivity contribution < 1.29 is 4.79 Å². The Hall–Kier alpha value is -1.68. The monoisotopic (exact) mass is 332 g/mol. The lowest BCUT2D eigenvalue weighted by Gasteiger charge is -2.12. The van der Waals surface area contributed by atoms with Crippen LogP contribution in [0, 0.1) is 0 Å². The fourth-order valence-electron chi connectivity index (χ4n) is 1.98.